The summed E-state index contributed by atoms with van der Waals surface area (Å²) in [6.45, 7) is 1.74. The minimum Gasteiger partial charge on any atom is -0.467 e. The Bertz CT molecular complexity index is 1220. The topological polar surface area (TPSA) is 86.0 Å². The van der Waals surface area contributed by atoms with E-state index in [4.69, 9.17) is 16.0 Å². The van der Waals surface area contributed by atoms with Crippen LogP contribution in [0.2, 0.25) is 5.02 Å². The van der Waals surface area contributed by atoms with Gasteiger partial charge in [-0.3, -0.25) is 9.69 Å². The van der Waals surface area contributed by atoms with E-state index in [0.29, 0.717) is 35.9 Å². The number of likely N-dealkylation sites (tertiary alicyclic amines) is 1. The molecule has 3 aliphatic rings. The molecule has 3 aliphatic heterocycles. The summed E-state index contributed by atoms with van der Waals surface area (Å²) in [5.74, 6) is 0.409. The van der Waals surface area contributed by atoms with Crippen LogP contribution in [0, 0.1) is 0 Å². The van der Waals surface area contributed by atoms with Crippen LogP contribution in [-0.2, 0) is 22.1 Å². The summed E-state index contributed by atoms with van der Waals surface area (Å²) in [7, 11) is 0.527. The predicted molar refractivity (Wildman–Crippen MR) is 135 cm³/mol. The molecular formula is C26H28ClN3O4S. The molecule has 0 radical (unpaired) electrons. The zero-order valence-electron chi connectivity index (χ0n) is 19.4. The molecule has 0 aliphatic carbocycles. The zero-order valence-corrected chi connectivity index (χ0v) is 21.0. The molecule has 184 valence electrons. The largest absolute Gasteiger partial charge is 0.467 e. The Morgan fingerprint density at radius 2 is 2.11 bits per heavy atom. The Balaban J connectivity index is 1.24. The SMILES string of the molecule is CN1C=C(C(=O)NCc2ccc(Cl)cc2)CC2=C1S(=O)C(CN1CCC[C@@H]1[C@@H](O)c1ccco1)=C2. The number of benzene rings is 1. The molecule has 35 heavy (non-hydrogen) atoms. The molecule has 2 N–H and O–H groups in total. The van der Waals surface area contributed by atoms with Crippen LogP contribution in [0.25, 0.3) is 0 Å². The van der Waals surface area contributed by atoms with Gasteiger partial charge in [0, 0.05) is 54.3 Å². The van der Waals surface area contributed by atoms with Crippen LogP contribution in [0.15, 0.2) is 80.4 Å². The molecule has 4 heterocycles. The minimum atomic E-state index is -1.30. The molecule has 1 aromatic carbocycles. The van der Waals surface area contributed by atoms with Crippen molar-refractivity contribution >= 4 is 28.3 Å². The lowest BCUT2D eigenvalue weighted by Gasteiger charge is -2.28. The second-order valence-electron chi connectivity index (χ2n) is 9.10. The molecule has 0 bridgehead atoms. The van der Waals surface area contributed by atoms with Gasteiger partial charge in [0.05, 0.1) is 17.1 Å². The summed E-state index contributed by atoms with van der Waals surface area (Å²) in [5, 5.41) is 15.2. The second-order valence-corrected chi connectivity index (χ2v) is 11.0. The normalized spacial score (nSPS) is 23.2. The van der Waals surface area contributed by atoms with E-state index in [2.05, 4.69) is 10.2 Å². The van der Waals surface area contributed by atoms with E-state index in [1.165, 1.54) is 0 Å². The molecule has 1 unspecified atom stereocenters. The minimum absolute atomic E-state index is 0.0817. The third kappa shape index (κ3) is 5.02. The van der Waals surface area contributed by atoms with Gasteiger partial charge in [0.2, 0.25) is 5.91 Å². The molecule has 5 rings (SSSR count). The van der Waals surface area contributed by atoms with Crippen molar-refractivity contribution in [2.45, 2.75) is 38.0 Å². The van der Waals surface area contributed by atoms with Gasteiger partial charge in [0.15, 0.2) is 0 Å². The van der Waals surface area contributed by atoms with Crippen LogP contribution in [0.1, 0.15) is 36.7 Å². The number of carbonyl (C=O) groups excluding carboxylic acids is 1. The van der Waals surface area contributed by atoms with E-state index in [9.17, 15) is 14.1 Å². The fourth-order valence-electron chi connectivity index (χ4n) is 4.98. The molecule has 1 amide bonds. The molecule has 3 atom stereocenters. The van der Waals surface area contributed by atoms with E-state index in [1.54, 1.807) is 41.6 Å². The predicted octanol–water partition coefficient (Wildman–Crippen LogP) is 3.82. The summed E-state index contributed by atoms with van der Waals surface area (Å²) in [6, 6.07) is 10.8. The van der Waals surface area contributed by atoms with Crippen molar-refractivity contribution in [1.82, 2.24) is 15.1 Å². The van der Waals surface area contributed by atoms with E-state index in [-0.39, 0.29) is 11.9 Å². The van der Waals surface area contributed by atoms with Crippen molar-refractivity contribution < 1.29 is 18.5 Å². The van der Waals surface area contributed by atoms with Crippen LogP contribution in [0.3, 0.4) is 0 Å². The maximum Gasteiger partial charge on any atom is 0.249 e. The molecule has 1 saturated heterocycles. The van der Waals surface area contributed by atoms with Crippen LogP contribution in [0.4, 0.5) is 0 Å². The summed E-state index contributed by atoms with van der Waals surface area (Å²) < 4.78 is 18.8. The Hall–Kier alpha value is -2.65. The summed E-state index contributed by atoms with van der Waals surface area (Å²) in [6.07, 6.45) is 6.84. The fourth-order valence-corrected chi connectivity index (χ4v) is 6.57. The van der Waals surface area contributed by atoms with Crippen LogP contribution in [0.5, 0.6) is 0 Å². The smallest absolute Gasteiger partial charge is 0.249 e. The first-order valence-corrected chi connectivity index (χ1v) is 13.2. The summed E-state index contributed by atoms with van der Waals surface area (Å²) in [4.78, 5) is 17.6. The number of hydrogen-bond donors (Lipinski definition) is 2. The highest BCUT2D eigenvalue weighted by Crippen LogP contribution is 2.38. The Morgan fingerprint density at radius 3 is 2.86 bits per heavy atom. The first kappa shape index (κ1) is 24.1. The number of hydrogen-bond acceptors (Lipinski definition) is 6. The van der Waals surface area contributed by atoms with Crippen LogP contribution in [-0.4, -0.2) is 51.2 Å². The lowest BCUT2D eigenvalue weighted by molar-refractivity contribution is -0.117. The van der Waals surface area contributed by atoms with E-state index >= 15 is 0 Å². The monoisotopic (exact) mass is 513 g/mol. The molecular weight excluding hydrogens is 486 g/mol. The highest BCUT2D eigenvalue weighted by Gasteiger charge is 2.37. The Kier molecular flexibility index (Phi) is 6.98. The quantitative estimate of drug-likeness (QED) is 0.585. The zero-order chi connectivity index (χ0) is 24.5. The second kappa shape index (κ2) is 10.1. The average molecular weight is 514 g/mol. The van der Waals surface area contributed by atoms with Crippen molar-refractivity contribution in [1.29, 1.82) is 0 Å². The maximum absolute atomic E-state index is 13.4. The first-order chi connectivity index (χ1) is 16.9. The van der Waals surface area contributed by atoms with E-state index in [1.807, 2.05) is 25.3 Å². The van der Waals surface area contributed by atoms with Gasteiger partial charge in [0.25, 0.3) is 0 Å². The number of allylic oxidation sites excluding steroid dienone is 2. The van der Waals surface area contributed by atoms with Crippen molar-refractivity contribution in [3.05, 3.63) is 92.4 Å². The molecule has 1 aromatic heterocycles. The van der Waals surface area contributed by atoms with Gasteiger partial charge in [-0.1, -0.05) is 23.7 Å². The molecule has 9 heteroatoms. The molecule has 1 fully saturated rings. The number of rotatable bonds is 7. The van der Waals surface area contributed by atoms with Crippen molar-refractivity contribution in [3.63, 3.8) is 0 Å². The van der Waals surface area contributed by atoms with Gasteiger partial charge in [-0.15, -0.1) is 0 Å². The number of halogens is 1. The lowest BCUT2D eigenvalue weighted by Crippen LogP contribution is -2.36. The van der Waals surface area contributed by atoms with Crippen molar-refractivity contribution in [3.8, 4) is 0 Å². The Labute approximate surface area is 212 Å². The number of nitrogens with zero attached hydrogens (tertiary/aromatic N) is 2. The van der Waals surface area contributed by atoms with Gasteiger partial charge < -0.3 is 19.7 Å². The lowest BCUT2D eigenvalue weighted by atomic mass is 10.0. The summed E-state index contributed by atoms with van der Waals surface area (Å²) in [5.41, 5.74) is 2.50. The van der Waals surface area contributed by atoms with Gasteiger partial charge in [-0.2, -0.15) is 0 Å². The van der Waals surface area contributed by atoms with Gasteiger partial charge in [0.1, 0.15) is 16.9 Å². The average Bonchev–Trinajstić information content (AvgIpc) is 3.60. The summed E-state index contributed by atoms with van der Waals surface area (Å²) >= 11 is 5.93. The first-order valence-electron chi connectivity index (χ1n) is 11.7. The van der Waals surface area contributed by atoms with Crippen LogP contribution < -0.4 is 5.32 Å². The number of aliphatic hydroxyl groups excluding tert-OH is 1. The number of carbonyl (C=O) groups is 1. The highest BCUT2D eigenvalue weighted by molar-refractivity contribution is 7.93. The number of aliphatic hydroxyl groups is 1. The molecule has 0 spiro atoms. The van der Waals surface area contributed by atoms with Gasteiger partial charge in [-0.05, 0) is 60.9 Å². The molecule has 7 nitrogen and oxygen atoms in total. The van der Waals surface area contributed by atoms with Gasteiger partial charge >= 0.3 is 0 Å². The third-order valence-corrected chi connectivity index (χ3v) is 8.58. The standard InChI is InChI=1S/C26H28ClN3O4S/c1-29-15-19(25(32)28-14-17-6-8-20(27)9-7-17)12-18-13-21(35(33)26(18)29)16-30-10-2-4-22(30)24(31)23-5-3-11-34-23/h3,5-9,11,13,15,22,24,31H,2,4,10,12,14,16H2,1H3,(H,28,32)/t22-,24-,35?/m1/s1. The molecule has 0 saturated carbocycles. The number of furan rings is 1. The number of amides is 1. The fraction of sp³-hybridized carbons (Fsp3) is 0.346. The maximum atomic E-state index is 13.4. The van der Waals surface area contributed by atoms with Crippen molar-refractivity contribution in [2.75, 3.05) is 20.1 Å². The van der Waals surface area contributed by atoms with Crippen molar-refractivity contribution in [2.24, 2.45) is 0 Å². The highest BCUT2D eigenvalue weighted by atomic mass is 35.5. The third-order valence-electron chi connectivity index (χ3n) is 6.70. The van der Waals surface area contributed by atoms with E-state index in [0.717, 1.165) is 40.5 Å². The van der Waals surface area contributed by atoms with E-state index < -0.39 is 16.9 Å². The number of nitrogens with one attached hydrogen (secondary N) is 1. The molecule has 2 aromatic rings. The van der Waals surface area contributed by atoms with Gasteiger partial charge in [-0.25, -0.2) is 4.21 Å². The van der Waals surface area contributed by atoms with Crippen LogP contribution >= 0.6 is 11.6 Å². The Morgan fingerprint density at radius 1 is 1.31 bits per heavy atom.